The Balaban J connectivity index is 1.80. The molecule has 0 radical (unpaired) electrons. The van der Waals surface area contributed by atoms with E-state index in [2.05, 4.69) is 15.6 Å². The maximum atomic E-state index is 13.0. The number of carbonyl (C=O) groups excluding carboxylic acids is 1. The van der Waals surface area contributed by atoms with Gasteiger partial charge in [0, 0.05) is 0 Å². The standard InChI is InChI=1S/C17H14ClFN4O2/c1-10-15(9-20-21-17(24)14-7-8-25-11(14)2)16(18)23(22-10)13-5-3-12(19)4-6-13/h3-9H,1-2H3,(H,21,24)/b20-9-. The summed E-state index contributed by atoms with van der Waals surface area (Å²) in [6.45, 7) is 3.45. The number of rotatable bonds is 4. The average molecular weight is 361 g/mol. The largest absolute Gasteiger partial charge is 0.469 e. The van der Waals surface area contributed by atoms with Gasteiger partial charge < -0.3 is 4.42 Å². The lowest BCUT2D eigenvalue weighted by molar-refractivity contribution is 0.0953. The number of furan rings is 1. The summed E-state index contributed by atoms with van der Waals surface area (Å²) in [7, 11) is 0. The van der Waals surface area contributed by atoms with Gasteiger partial charge in [0.25, 0.3) is 5.91 Å². The molecular weight excluding hydrogens is 347 g/mol. The number of halogens is 2. The average Bonchev–Trinajstić information content (AvgIpc) is 3.13. The molecule has 6 nitrogen and oxygen atoms in total. The molecule has 0 bridgehead atoms. The predicted octanol–water partition coefficient (Wildman–Crippen LogP) is 3.64. The van der Waals surface area contributed by atoms with E-state index in [0.29, 0.717) is 33.4 Å². The third-order valence-corrected chi connectivity index (χ3v) is 3.95. The van der Waals surface area contributed by atoms with Gasteiger partial charge in [0.2, 0.25) is 0 Å². The molecule has 0 spiro atoms. The van der Waals surface area contributed by atoms with Crippen LogP contribution in [-0.4, -0.2) is 21.9 Å². The number of hydrogen-bond donors (Lipinski definition) is 1. The molecule has 8 heteroatoms. The molecule has 1 aromatic carbocycles. The Morgan fingerprint density at radius 2 is 2.04 bits per heavy atom. The third kappa shape index (κ3) is 3.46. The fourth-order valence-electron chi connectivity index (χ4n) is 2.25. The van der Waals surface area contributed by atoms with Gasteiger partial charge in [0.15, 0.2) is 0 Å². The van der Waals surface area contributed by atoms with Crippen molar-refractivity contribution in [2.24, 2.45) is 5.10 Å². The highest BCUT2D eigenvalue weighted by Gasteiger charge is 2.14. The zero-order valence-electron chi connectivity index (χ0n) is 13.5. The monoisotopic (exact) mass is 360 g/mol. The number of amides is 1. The van der Waals surface area contributed by atoms with Crippen molar-refractivity contribution in [3.63, 3.8) is 0 Å². The second-order valence-corrected chi connectivity index (χ2v) is 5.63. The van der Waals surface area contributed by atoms with Crippen LogP contribution >= 0.6 is 11.6 Å². The molecule has 0 aliphatic carbocycles. The summed E-state index contributed by atoms with van der Waals surface area (Å²) in [5.74, 6) is -0.226. The lowest BCUT2D eigenvalue weighted by Gasteiger charge is -2.02. The summed E-state index contributed by atoms with van der Waals surface area (Å²) < 4.78 is 19.6. The number of nitrogens with zero attached hydrogens (tertiary/aromatic N) is 3. The molecule has 25 heavy (non-hydrogen) atoms. The summed E-state index contributed by atoms with van der Waals surface area (Å²) in [6, 6.07) is 7.34. The molecule has 0 atom stereocenters. The first-order valence-electron chi connectivity index (χ1n) is 7.36. The maximum absolute atomic E-state index is 13.0. The molecule has 1 amide bonds. The summed E-state index contributed by atoms with van der Waals surface area (Å²) in [4.78, 5) is 12.0. The van der Waals surface area contributed by atoms with Gasteiger partial charge in [0.05, 0.1) is 35.0 Å². The van der Waals surface area contributed by atoms with E-state index in [1.54, 1.807) is 32.0 Å². The lowest BCUT2D eigenvalue weighted by Crippen LogP contribution is -2.17. The Morgan fingerprint density at radius 3 is 2.68 bits per heavy atom. The molecular formula is C17H14ClFN4O2. The zero-order chi connectivity index (χ0) is 18.0. The van der Waals surface area contributed by atoms with Gasteiger partial charge in [-0.05, 0) is 44.2 Å². The smallest absolute Gasteiger partial charge is 0.274 e. The molecule has 0 saturated heterocycles. The van der Waals surface area contributed by atoms with Gasteiger partial charge >= 0.3 is 0 Å². The first-order valence-corrected chi connectivity index (χ1v) is 7.73. The van der Waals surface area contributed by atoms with Crippen molar-refractivity contribution in [3.05, 3.63) is 70.1 Å². The van der Waals surface area contributed by atoms with Crippen LogP contribution in [0.3, 0.4) is 0 Å². The minimum atomic E-state index is -0.387. The van der Waals surface area contributed by atoms with Gasteiger partial charge in [-0.1, -0.05) is 11.6 Å². The highest BCUT2D eigenvalue weighted by Crippen LogP contribution is 2.22. The van der Waals surface area contributed by atoms with Crippen molar-refractivity contribution in [2.45, 2.75) is 13.8 Å². The van der Waals surface area contributed by atoms with Crippen molar-refractivity contribution in [1.82, 2.24) is 15.2 Å². The fourth-order valence-corrected chi connectivity index (χ4v) is 2.57. The van der Waals surface area contributed by atoms with Crippen LogP contribution in [0.1, 0.15) is 27.4 Å². The van der Waals surface area contributed by atoms with E-state index < -0.39 is 0 Å². The summed E-state index contributed by atoms with van der Waals surface area (Å²) >= 11 is 6.33. The predicted molar refractivity (Wildman–Crippen MR) is 91.8 cm³/mol. The molecule has 0 fully saturated rings. The maximum Gasteiger partial charge on any atom is 0.274 e. The third-order valence-electron chi connectivity index (χ3n) is 3.58. The number of aryl methyl sites for hydroxylation is 2. The van der Waals surface area contributed by atoms with E-state index in [0.717, 1.165) is 0 Å². The Kier molecular flexibility index (Phi) is 4.67. The molecule has 1 N–H and O–H groups in total. The Bertz CT molecular complexity index is 944. The van der Waals surface area contributed by atoms with E-state index in [4.69, 9.17) is 16.0 Å². The zero-order valence-corrected chi connectivity index (χ0v) is 14.2. The second kappa shape index (κ2) is 6.90. The molecule has 3 aromatic rings. The van der Waals surface area contributed by atoms with E-state index in [9.17, 15) is 9.18 Å². The van der Waals surface area contributed by atoms with Crippen molar-refractivity contribution in [3.8, 4) is 5.69 Å². The van der Waals surface area contributed by atoms with Crippen molar-refractivity contribution in [1.29, 1.82) is 0 Å². The Labute approximate surface area is 147 Å². The molecule has 128 valence electrons. The molecule has 0 aliphatic rings. The molecule has 0 saturated carbocycles. The Morgan fingerprint density at radius 1 is 1.32 bits per heavy atom. The van der Waals surface area contributed by atoms with Crippen LogP contribution in [0.4, 0.5) is 4.39 Å². The minimum absolute atomic E-state index is 0.307. The SMILES string of the molecule is Cc1nn(-c2ccc(F)cc2)c(Cl)c1/C=N\NC(=O)c1ccoc1C. The molecule has 0 unspecified atom stereocenters. The number of benzene rings is 1. The van der Waals surface area contributed by atoms with Crippen LogP contribution in [0.2, 0.25) is 5.15 Å². The van der Waals surface area contributed by atoms with Gasteiger partial charge in [-0.3, -0.25) is 4.79 Å². The van der Waals surface area contributed by atoms with Crippen LogP contribution in [0.5, 0.6) is 0 Å². The number of carbonyl (C=O) groups is 1. The Hall–Kier alpha value is -2.93. The van der Waals surface area contributed by atoms with Crippen LogP contribution in [0.25, 0.3) is 5.69 Å². The van der Waals surface area contributed by atoms with Gasteiger partial charge in [-0.15, -0.1) is 0 Å². The number of hydrogen-bond acceptors (Lipinski definition) is 4. The first kappa shape index (κ1) is 16.9. The van der Waals surface area contributed by atoms with Crippen molar-refractivity contribution in [2.75, 3.05) is 0 Å². The number of nitrogens with one attached hydrogen (secondary N) is 1. The normalized spacial score (nSPS) is 11.2. The van der Waals surface area contributed by atoms with Crippen molar-refractivity contribution < 1.29 is 13.6 Å². The lowest BCUT2D eigenvalue weighted by atomic mass is 10.2. The van der Waals surface area contributed by atoms with Crippen LogP contribution in [0.15, 0.2) is 46.1 Å². The summed E-state index contributed by atoms with van der Waals surface area (Å²) in [6.07, 6.45) is 2.85. The van der Waals surface area contributed by atoms with Crippen molar-refractivity contribution >= 4 is 23.7 Å². The van der Waals surface area contributed by atoms with Gasteiger partial charge in [0.1, 0.15) is 16.7 Å². The topological polar surface area (TPSA) is 72.4 Å². The minimum Gasteiger partial charge on any atom is -0.469 e. The number of aromatic nitrogens is 2. The first-order chi connectivity index (χ1) is 12.0. The van der Waals surface area contributed by atoms with Crippen LogP contribution < -0.4 is 5.43 Å². The van der Waals surface area contributed by atoms with E-state index in [1.165, 1.54) is 29.3 Å². The molecule has 2 heterocycles. The molecule has 0 aliphatic heterocycles. The van der Waals surface area contributed by atoms with Gasteiger partial charge in [-0.25, -0.2) is 14.5 Å². The molecule has 3 rings (SSSR count). The van der Waals surface area contributed by atoms with E-state index in [-0.39, 0.29) is 11.7 Å². The van der Waals surface area contributed by atoms with E-state index in [1.807, 2.05) is 0 Å². The van der Waals surface area contributed by atoms with Gasteiger partial charge in [-0.2, -0.15) is 10.2 Å². The van der Waals surface area contributed by atoms with Crippen LogP contribution in [0, 0.1) is 19.7 Å². The van der Waals surface area contributed by atoms with Crippen LogP contribution in [-0.2, 0) is 0 Å². The molecule has 2 aromatic heterocycles. The quantitative estimate of drug-likeness (QED) is 0.570. The summed E-state index contributed by atoms with van der Waals surface area (Å²) in [5, 5.41) is 8.54. The fraction of sp³-hybridized carbons (Fsp3) is 0.118. The summed E-state index contributed by atoms with van der Waals surface area (Å²) in [5.41, 5.74) is 4.60. The highest BCUT2D eigenvalue weighted by molar-refractivity contribution is 6.32. The second-order valence-electron chi connectivity index (χ2n) is 5.27. The van der Waals surface area contributed by atoms with E-state index >= 15 is 0 Å². The highest BCUT2D eigenvalue weighted by atomic mass is 35.5. The number of hydrazone groups is 1.